The van der Waals surface area contributed by atoms with Crippen LogP contribution in [0.15, 0.2) is 12.2 Å². The first kappa shape index (κ1) is 17.1. The third-order valence-electron chi connectivity index (χ3n) is 3.27. The van der Waals surface area contributed by atoms with E-state index in [0.717, 1.165) is 12.8 Å². The van der Waals surface area contributed by atoms with Crippen molar-refractivity contribution in [1.82, 2.24) is 0 Å². The Morgan fingerprint density at radius 2 is 1.89 bits per heavy atom. The zero-order valence-corrected chi connectivity index (χ0v) is 12.1. The fourth-order valence-corrected chi connectivity index (χ4v) is 2.30. The third-order valence-corrected chi connectivity index (χ3v) is 3.27. The van der Waals surface area contributed by atoms with Crippen molar-refractivity contribution in [3.63, 3.8) is 0 Å². The Balaban J connectivity index is 4.29. The highest BCUT2D eigenvalue weighted by atomic mass is 16.4. The van der Waals surface area contributed by atoms with Crippen LogP contribution in [0.1, 0.15) is 39.5 Å². The van der Waals surface area contributed by atoms with E-state index in [1.165, 1.54) is 0 Å². The molecule has 0 radical (unpaired) electrons. The first-order chi connectivity index (χ1) is 8.35. The van der Waals surface area contributed by atoms with Gasteiger partial charge in [0, 0.05) is 6.42 Å². The molecule has 0 aliphatic carbocycles. The van der Waals surface area contributed by atoms with Gasteiger partial charge in [-0.2, -0.15) is 0 Å². The number of likely N-dealkylation sites (N-methyl/N-ethyl adjacent to an activating group) is 1. The molecular formula is C14H28NO3+. The van der Waals surface area contributed by atoms with Gasteiger partial charge in [0.05, 0.1) is 14.1 Å². The first-order valence-corrected chi connectivity index (χ1v) is 6.73. The quantitative estimate of drug-likeness (QED) is 0.491. The van der Waals surface area contributed by atoms with Gasteiger partial charge in [-0.15, -0.1) is 0 Å². The summed E-state index contributed by atoms with van der Waals surface area (Å²) in [5.41, 5.74) is 0. The molecule has 2 atom stereocenters. The highest BCUT2D eigenvalue weighted by Gasteiger charge is 2.34. The van der Waals surface area contributed by atoms with Crippen molar-refractivity contribution >= 4 is 5.97 Å². The molecule has 2 unspecified atom stereocenters. The van der Waals surface area contributed by atoms with E-state index in [4.69, 9.17) is 5.11 Å². The number of quaternary nitrogens is 1. The summed E-state index contributed by atoms with van der Waals surface area (Å²) in [5.74, 6) is -0.791. The van der Waals surface area contributed by atoms with E-state index in [1.807, 2.05) is 21.0 Å². The average molecular weight is 258 g/mol. The predicted molar refractivity (Wildman–Crippen MR) is 73.4 cm³/mol. The molecular weight excluding hydrogens is 230 g/mol. The maximum absolute atomic E-state index is 11.1. The number of aliphatic hydroxyl groups is 1. The molecule has 0 saturated carbocycles. The Bertz CT molecular complexity index is 274. The standard InChI is InChI=1S/C14H27NO3/c1-5-7-8-9-10-12(16)11-15(3,4)13(6-2)14(17)18/h7-8,12-13,16H,5-6,9-11H2,1-4H3/p+1/b8-7+. The van der Waals surface area contributed by atoms with Gasteiger partial charge in [-0.1, -0.05) is 26.0 Å². The molecule has 0 aliphatic rings. The second-order valence-corrected chi connectivity index (χ2v) is 5.33. The number of carbonyl (C=O) groups is 1. The zero-order chi connectivity index (χ0) is 14.2. The second-order valence-electron chi connectivity index (χ2n) is 5.33. The number of aliphatic hydroxyl groups excluding tert-OH is 1. The molecule has 0 bridgehead atoms. The summed E-state index contributed by atoms with van der Waals surface area (Å²) in [5, 5.41) is 19.1. The van der Waals surface area contributed by atoms with Crippen LogP contribution in [0, 0.1) is 0 Å². The van der Waals surface area contributed by atoms with Crippen LogP contribution < -0.4 is 0 Å². The average Bonchev–Trinajstić information content (AvgIpc) is 2.23. The lowest BCUT2D eigenvalue weighted by Crippen LogP contribution is -2.55. The number of carboxylic acids is 1. The van der Waals surface area contributed by atoms with E-state index >= 15 is 0 Å². The van der Waals surface area contributed by atoms with Gasteiger partial charge in [0.15, 0.2) is 6.04 Å². The van der Waals surface area contributed by atoms with Crippen LogP contribution in [0.5, 0.6) is 0 Å². The highest BCUT2D eigenvalue weighted by molar-refractivity contribution is 5.72. The van der Waals surface area contributed by atoms with Crippen molar-refractivity contribution in [3.05, 3.63) is 12.2 Å². The van der Waals surface area contributed by atoms with Crippen molar-refractivity contribution in [2.75, 3.05) is 20.6 Å². The molecule has 0 spiro atoms. The number of allylic oxidation sites excluding steroid dienone is 2. The van der Waals surface area contributed by atoms with Gasteiger partial charge in [0.1, 0.15) is 12.6 Å². The van der Waals surface area contributed by atoms with Crippen LogP contribution in [0.3, 0.4) is 0 Å². The summed E-state index contributed by atoms with van der Waals surface area (Å²) in [4.78, 5) is 11.1. The van der Waals surface area contributed by atoms with Gasteiger partial charge >= 0.3 is 5.97 Å². The topological polar surface area (TPSA) is 57.5 Å². The minimum atomic E-state index is -0.791. The fraction of sp³-hybridized carbons (Fsp3) is 0.786. The number of hydrogen-bond donors (Lipinski definition) is 2. The minimum absolute atomic E-state index is 0.324. The number of rotatable bonds is 9. The van der Waals surface area contributed by atoms with Crippen LogP contribution in [0.4, 0.5) is 0 Å². The maximum atomic E-state index is 11.1. The lowest BCUT2D eigenvalue weighted by Gasteiger charge is -2.36. The van der Waals surface area contributed by atoms with E-state index in [1.54, 1.807) is 0 Å². The zero-order valence-electron chi connectivity index (χ0n) is 12.1. The van der Waals surface area contributed by atoms with Gasteiger partial charge in [0.2, 0.25) is 0 Å². The van der Waals surface area contributed by atoms with Gasteiger partial charge in [0.25, 0.3) is 0 Å². The molecule has 106 valence electrons. The maximum Gasteiger partial charge on any atom is 0.362 e. The lowest BCUT2D eigenvalue weighted by atomic mass is 10.1. The summed E-state index contributed by atoms with van der Waals surface area (Å²) in [7, 11) is 3.74. The highest BCUT2D eigenvalue weighted by Crippen LogP contribution is 2.14. The molecule has 0 saturated heterocycles. The summed E-state index contributed by atoms with van der Waals surface area (Å²) in [6, 6.07) is -0.453. The van der Waals surface area contributed by atoms with Crippen molar-refractivity contribution in [2.24, 2.45) is 0 Å². The van der Waals surface area contributed by atoms with Crippen LogP contribution in [0.25, 0.3) is 0 Å². The molecule has 4 nitrogen and oxygen atoms in total. The van der Waals surface area contributed by atoms with Crippen molar-refractivity contribution in [1.29, 1.82) is 0 Å². The first-order valence-electron chi connectivity index (χ1n) is 6.73. The molecule has 0 fully saturated rings. The fourth-order valence-electron chi connectivity index (χ4n) is 2.30. The molecule has 0 heterocycles. The Labute approximate surface area is 111 Å². The van der Waals surface area contributed by atoms with Gasteiger partial charge in [-0.25, -0.2) is 4.79 Å². The van der Waals surface area contributed by atoms with E-state index in [-0.39, 0.29) is 0 Å². The van der Waals surface area contributed by atoms with Crippen LogP contribution >= 0.6 is 0 Å². The summed E-state index contributed by atoms with van der Waals surface area (Å²) in [6.45, 7) is 4.42. The number of aliphatic carboxylic acids is 1. The second kappa shape index (κ2) is 8.27. The van der Waals surface area contributed by atoms with E-state index in [9.17, 15) is 9.90 Å². The SMILES string of the molecule is CC/C=C/CCC(O)C[N+](C)(C)C(CC)C(=O)O. The smallest absolute Gasteiger partial charge is 0.362 e. The molecule has 4 heteroatoms. The largest absolute Gasteiger partial charge is 0.477 e. The number of hydrogen-bond acceptors (Lipinski definition) is 2. The van der Waals surface area contributed by atoms with Crippen LogP contribution in [-0.4, -0.2) is 53.5 Å². The van der Waals surface area contributed by atoms with Crippen LogP contribution in [0.2, 0.25) is 0 Å². The Morgan fingerprint density at radius 3 is 2.33 bits per heavy atom. The Kier molecular flexibility index (Phi) is 7.87. The molecule has 0 amide bonds. The molecule has 0 rings (SSSR count). The summed E-state index contributed by atoms with van der Waals surface area (Å²) < 4.78 is 0.324. The van der Waals surface area contributed by atoms with Crippen molar-refractivity contribution in [3.8, 4) is 0 Å². The van der Waals surface area contributed by atoms with E-state index in [0.29, 0.717) is 23.9 Å². The van der Waals surface area contributed by atoms with Crippen molar-refractivity contribution in [2.45, 2.75) is 51.7 Å². The predicted octanol–water partition coefficient (Wildman–Crippen LogP) is 2.03. The molecule has 0 aromatic carbocycles. The lowest BCUT2D eigenvalue weighted by molar-refractivity contribution is -0.909. The number of nitrogens with zero attached hydrogens (tertiary/aromatic N) is 1. The van der Waals surface area contributed by atoms with Gasteiger partial charge < -0.3 is 14.7 Å². The number of carboxylic acid groups (broad SMARTS) is 1. The minimum Gasteiger partial charge on any atom is -0.477 e. The summed E-state index contributed by atoms with van der Waals surface area (Å²) in [6.07, 6.45) is 6.82. The normalized spacial score (nSPS) is 15.8. The Hall–Kier alpha value is -0.870. The monoisotopic (exact) mass is 258 g/mol. The molecule has 0 aromatic heterocycles. The molecule has 0 aromatic rings. The summed E-state index contributed by atoms with van der Waals surface area (Å²) >= 11 is 0. The van der Waals surface area contributed by atoms with E-state index < -0.39 is 18.1 Å². The van der Waals surface area contributed by atoms with E-state index in [2.05, 4.69) is 19.1 Å². The third kappa shape index (κ3) is 6.17. The molecule has 2 N–H and O–H groups in total. The van der Waals surface area contributed by atoms with Crippen molar-refractivity contribution < 1.29 is 19.5 Å². The molecule has 0 aliphatic heterocycles. The Morgan fingerprint density at radius 1 is 1.28 bits per heavy atom. The molecule has 18 heavy (non-hydrogen) atoms. The van der Waals surface area contributed by atoms with Crippen LogP contribution in [-0.2, 0) is 4.79 Å². The van der Waals surface area contributed by atoms with Gasteiger partial charge in [-0.05, 0) is 19.3 Å². The van der Waals surface area contributed by atoms with Gasteiger partial charge in [-0.3, -0.25) is 0 Å².